The van der Waals surface area contributed by atoms with Crippen molar-refractivity contribution < 1.29 is 4.74 Å². The Hall–Kier alpha value is -1.57. The van der Waals surface area contributed by atoms with E-state index in [4.69, 9.17) is 10.00 Å². The summed E-state index contributed by atoms with van der Waals surface area (Å²) in [6.45, 7) is 3.55. The second kappa shape index (κ2) is 6.24. The van der Waals surface area contributed by atoms with Crippen LogP contribution in [0.1, 0.15) is 12.0 Å². The summed E-state index contributed by atoms with van der Waals surface area (Å²) < 4.78 is 5.61. The minimum atomic E-state index is 0.301. The second-order valence-electron chi connectivity index (χ2n) is 4.10. The quantitative estimate of drug-likeness (QED) is 0.821. The van der Waals surface area contributed by atoms with E-state index >= 15 is 0 Å². The number of nitrogens with zero attached hydrogens (tertiary/aromatic N) is 1. The molecule has 1 fully saturated rings. The number of hydrogen-bond acceptors (Lipinski definition) is 4. The zero-order valence-corrected chi connectivity index (χ0v) is 9.78. The lowest BCUT2D eigenvalue weighted by molar-refractivity contribution is 0.0258. The molecule has 1 aromatic carbocycles. The fourth-order valence-electron chi connectivity index (χ4n) is 1.88. The number of anilines is 1. The molecule has 1 unspecified atom stereocenters. The monoisotopic (exact) mass is 231 g/mol. The molecule has 1 atom stereocenters. The van der Waals surface area contributed by atoms with E-state index < -0.39 is 0 Å². The maximum atomic E-state index is 8.79. The molecule has 1 aliphatic rings. The Morgan fingerprint density at radius 2 is 2.47 bits per heavy atom. The molecule has 0 amide bonds. The van der Waals surface area contributed by atoms with Gasteiger partial charge in [-0.3, -0.25) is 0 Å². The van der Waals surface area contributed by atoms with E-state index in [1.54, 1.807) is 6.07 Å². The SMILES string of the molecule is N#Cc1cccc(NCCC2CNCCO2)c1. The van der Waals surface area contributed by atoms with E-state index in [2.05, 4.69) is 16.7 Å². The fourth-order valence-corrected chi connectivity index (χ4v) is 1.88. The first-order valence-corrected chi connectivity index (χ1v) is 5.95. The lowest BCUT2D eigenvalue weighted by Gasteiger charge is -2.23. The van der Waals surface area contributed by atoms with Crippen LogP contribution >= 0.6 is 0 Å². The van der Waals surface area contributed by atoms with E-state index in [1.807, 2.05) is 18.2 Å². The Bertz CT molecular complexity index is 394. The molecule has 1 aliphatic heterocycles. The Morgan fingerprint density at radius 3 is 3.24 bits per heavy atom. The molecule has 90 valence electrons. The molecule has 2 rings (SSSR count). The molecule has 0 spiro atoms. The summed E-state index contributed by atoms with van der Waals surface area (Å²) in [7, 11) is 0. The number of ether oxygens (including phenoxy) is 1. The number of rotatable bonds is 4. The van der Waals surface area contributed by atoms with Crippen LogP contribution in [-0.2, 0) is 4.74 Å². The van der Waals surface area contributed by atoms with Gasteiger partial charge in [-0.15, -0.1) is 0 Å². The summed E-state index contributed by atoms with van der Waals surface area (Å²) in [6, 6.07) is 9.66. The summed E-state index contributed by atoms with van der Waals surface area (Å²) in [6.07, 6.45) is 1.28. The topological polar surface area (TPSA) is 57.1 Å². The van der Waals surface area contributed by atoms with Crippen molar-refractivity contribution in [3.8, 4) is 6.07 Å². The Kier molecular flexibility index (Phi) is 4.37. The van der Waals surface area contributed by atoms with E-state index in [-0.39, 0.29) is 0 Å². The first-order chi connectivity index (χ1) is 8.38. The van der Waals surface area contributed by atoms with Gasteiger partial charge >= 0.3 is 0 Å². The van der Waals surface area contributed by atoms with Crippen LogP contribution in [0.3, 0.4) is 0 Å². The predicted molar refractivity (Wildman–Crippen MR) is 66.9 cm³/mol. The van der Waals surface area contributed by atoms with Crippen LogP contribution in [0.4, 0.5) is 5.69 Å². The molecule has 0 aromatic heterocycles. The first kappa shape index (κ1) is 11.9. The third kappa shape index (κ3) is 3.74. The van der Waals surface area contributed by atoms with Crippen LogP contribution < -0.4 is 10.6 Å². The van der Waals surface area contributed by atoms with Crippen LogP contribution in [0, 0.1) is 11.3 Å². The lowest BCUT2D eigenvalue weighted by atomic mass is 10.2. The van der Waals surface area contributed by atoms with Gasteiger partial charge in [0.15, 0.2) is 0 Å². The molecule has 4 heteroatoms. The first-order valence-electron chi connectivity index (χ1n) is 5.95. The zero-order chi connectivity index (χ0) is 11.9. The van der Waals surface area contributed by atoms with E-state index in [9.17, 15) is 0 Å². The predicted octanol–water partition coefficient (Wildman–Crippen LogP) is 1.35. The Labute approximate surface area is 102 Å². The van der Waals surface area contributed by atoms with Gasteiger partial charge in [-0.2, -0.15) is 5.26 Å². The lowest BCUT2D eigenvalue weighted by Crippen LogP contribution is -2.39. The van der Waals surface area contributed by atoms with Gasteiger partial charge in [-0.05, 0) is 24.6 Å². The molecule has 17 heavy (non-hydrogen) atoms. The van der Waals surface area contributed by atoms with Gasteiger partial charge in [0.25, 0.3) is 0 Å². The molecule has 1 heterocycles. The smallest absolute Gasteiger partial charge is 0.0992 e. The molecular formula is C13H17N3O. The standard InChI is InChI=1S/C13H17N3O/c14-9-11-2-1-3-12(8-11)16-5-4-13-10-15-6-7-17-13/h1-3,8,13,15-16H,4-7,10H2. The van der Waals surface area contributed by atoms with Crippen molar-refractivity contribution >= 4 is 5.69 Å². The van der Waals surface area contributed by atoms with E-state index in [0.29, 0.717) is 11.7 Å². The fraction of sp³-hybridized carbons (Fsp3) is 0.462. The van der Waals surface area contributed by atoms with E-state index in [0.717, 1.165) is 38.3 Å². The summed E-state index contributed by atoms with van der Waals surface area (Å²) >= 11 is 0. The molecule has 0 aliphatic carbocycles. The number of nitrogens with one attached hydrogen (secondary N) is 2. The third-order valence-electron chi connectivity index (χ3n) is 2.79. The summed E-state index contributed by atoms with van der Waals surface area (Å²) in [5.41, 5.74) is 1.68. The van der Waals surface area contributed by atoms with Crippen LogP contribution in [0.2, 0.25) is 0 Å². The molecule has 0 bridgehead atoms. The van der Waals surface area contributed by atoms with Gasteiger partial charge in [0, 0.05) is 25.3 Å². The van der Waals surface area contributed by atoms with Crippen molar-refractivity contribution in [3.63, 3.8) is 0 Å². The highest BCUT2D eigenvalue weighted by molar-refractivity contribution is 5.48. The van der Waals surface area contributed by atoms with Crippen molar-refractivity contribution in [2.24, 2.45) is 0 Å². The van der Waals surface area contributed by atoms with Gasteiger partial charge in [0.2, 0.25) is 0 Å². The maximum Gasteiger partial charge on any atom is 0.0992 e. The summed E-state index contributed by atoms with van der Waals surface area (Å²) in [5, 5.41) is 15.4. The third-order valence-corrected chi connectivity index (χ3v) is 2.79. The van der Waals surface area contributed by atoms with Crippen molar-refractivity contribution in [1.29, 1.82) is 5.26 Å². The molecule has 0 saturated carbocycles. The highest BCUT2D eigenvalue weighted by Gasteiger charge is 2.12. The van der Waals surface area contributed by atoms with Gasteiger partial charge in [0.1, 0.15) is 0 Å². The number of benzene rings is 1. The van der Waals surface area contributed by atoms with Crippen molar-refractivity contribution in [3.05, 3.63) is 29.8 Å². The highest BCUT2D eigenvalue weighted by Crippen LogP contribution is 2.10. The average Bonchev–Trinajstić information content (AvgIpc) is 2.40. The summed E-state index contributed by atoms with van der Waals surface area (Å²) in [5.74, 6) is 0. The molecule has 2 N–H and O–H groups in total. The molecule has 4 nitrogen and oxygen atoms in total. The van der Waals surface area contributed by atoms with Crippen LogP contribution in [-0.4, -0.2) is 32.3 Å². The molecule has 1 aromatic rings. The number of hydrogen-bond donors (Lipinski definition) is 2. The van der Waals surface area contributed by atoms with Gasteiger partial charge < -0.3 is 15.4 Å². The van der Waals surface area contributed by atoms with Crippen molar-refractivity contribution in [2.75, 3.05) is 31.6 Å². The number of morpholine rings is 1. The average molecular weight is 231 g/mol. The number of nitriles is 1. The normalized spacial score (nSPS) is 19.6. The zero-order valence-electron chi connectivity index (χ0n) is 9.78. The van der Waals surface area contributed by atoms with Crippen LogP contribution in [0.25, 0.3) is 0 Å². The van der Waals surface area contributed by atoms with Gasteiger partial charge in [-0.1, -0.05) is 6.07 Å². The Balaban J connectivity index is 1.75. The van der Waals surface area contributed by atoms with Crippen molar-refractivity contribution in [2.45, 2.75) is 12.5 Å². The minimum absolute atomic E-state index is 0.301. The molecular weight excluding hydrogens is 214 g/mol. The van der Waals surface area contributed by atoms with Crippen LogP contribution in [0.5, 0.6) is 0 Å². The largest absolute Gasteiger partial charge is 0.385 e. The highest BCUT2D eigenvalue weighted by atomic mass is 16.5. The maximum absolute atomic E-state index is 8.79. The molecule has 1 saturated heterocycles. The van der Waals surface area contributed by atoms with Crippen LogP contribution in [0.15, 0.2) is 24.3 Å². The van der Waals surface area contributed by atoms with E-state index in [1.165, 1.54) is 0 Å². The summed E-state index contributed by atoms with van der Waals surface area (Å²) in [4.78, 5) is 0. The van der Waals surface area contributed by atoms with Gasteiger partial charge in [-0.25, -0.2) is 0 Å². The molecule has 0 radical (unpaired) electrons. The second-order valence-corrected chi connectivity index (χ2v) is 4.10. The van der Waals surface area contributed by atoms with Gasteiger partial charge in [0.05, 0.1) is 24.3 Å². The Morgan fingerprint density at radius 1 is 1.53 bits per heavy atom. The minimum Gasteiger partial charge on any atom is -0.385 e. The van der Waals surface area contributed by atoms with Crippen molar-refractivity contribution in [1.82, 2.24) is 5.32 Å².